The van der Waals surface area contributed by atoms with Gasteiger partial charge in [0, 0.05) is 44.5 Å². The molecule has 9 rings (SSSR count). The maximum Gasteiger partial charge on any atom is 3.00 e. The Bertz CT molecular complexity index is 3440. The Morgan fingerprint density at radius 2 is 1.01 bits per heavy atom. The monoisotopic (exact) mass is 1100 g/mol. The van der Waals surface area contributed by atoms with Gasteiger partial charge in [-0.05, 0) is 130 Å². The van der Waals surface area contributed by atoms with Gasteiger partial charge in [-0.3, -0.25) is 0 Å². The molecule has 0 radical (unpaired) electrons. The van der Waals surface area contributed by atoms with Crippen molar-refractivity contribution in [3.63, 3.8) is 0 Å². The van der Waals surface area contributed by atoms with E-state index < -0.39 is 43.2 Å². The molecule has 0 amide bonds. The standard InChI is InChI=1S/C66H62N3.Ir/c1-6-65(7-2,59-34-36-62(68-46-59)53-22-15-11-16-23-53)43-50-38-49(39-51(40-50)44-66(8-3,9-4)60-35-37-63(69-47-60)54-24-17-12-18-25-54)30-33-58-45-67-64(55-31-28-48(5)29-32-55)42-61(58)57-27-19-26-56(41-57)52-20-13-10-14-21-52;/h10-22,24,26-29,31,34-42,45-47H,6-9,30,33,43-44H2,1-5H3;/q-3;+3/i5D3,30D2,33D2,43D2,44D2;. The molecule has 0 fully saturated rings. The van der Waals surface area contributed by atoms with Crippen molar-refractivity contribution in [3.05, 3.63) is 246 Å². The molecule has 70 heavy (non-hydrogen) atoms. The average Bonchev–Trinajstić information content (AvgIpc) is 3.49. The van der Waals surface area contributed by atoms with Gasteiger partial charge in [-0.1, -0.05) is 132 Å². The molecule has 3 heterocycles. The summed E-state index contributed by atoms with van der Waals surface area (Å²) >= 11 is 0. The van der Waals surface area contributed by atoms with E-state index in [1.54, 1.807) is 36.7 Å². The van der Waals surface area contributed by atoms with E-state index in [0.29, 0.717) is 44.9 Å². The van der Waals surface area contributed by atoms with Crippen molar-refractivity contribution < 1.29 is 35.2 Å². The Labute approximate surface area is 446 Å². The van der Waals surface area contributed by atoms with Gasteiger partial charge in [0.15, 0.2) is 0 Å². The molecule has 0 atom stereocenters. The van der Waals surface area contributed by atoms with Gasteiger partial charge >= 0.3 is 20.1 Å². The van der Waals surface area contributed by atoms with Crippen LogP contribution in [0.5, 0.6) is 0 Å². The third-order valence-corrected chi connectivity index (χ3v) is 13.3. The largest absolute Gasteiger partial charge is 3.00 e. The molecule has 3 aromatic heterocycles. The van der Waals surface area contributed by atoms with Crippen LogP contribution in [0, 0.1) is 25.1 Å². The topological polar surface area (TPSA) is 38.7 Å². The maximum atomic E-state index is 10.4. The third kappa shape index (κ3) is 11.2. The molecule has 0 saturated carbocycles. The quantitative estimate of drug-likeness (QED) is 0.0804. The molecule has 0 aliphatic carbocycles. The molecule has 0 bridgehead atoms. The maximum absolute atomic E-state index is 10.4. The number of hydrogen-bond donors (Lipinski definition) is 0. The predicted molar refractivity (Wildman–Crippen MR) is 287 cm³/mol. The van der Waals surface area contributed by atoms with E-state index in [1.165, 1.54) is 36.5 Å². The van der Waals surface area contributed by atoms with E-state index in [4.69, 9.17) is 19.1 Å². The number of rotatable bonds is 18. The molecule has 0 saturated heterocycles. The molecule has 0 unspecified atom stereocenters. The second-order valence-electron chi connectivity index (χ2n) is 17.3. The molecule has 4 heteroatoms. The fourth-order valence-electron chi connectivity index (χ4n) is 9.15. The van der Waals surface area contributed by atoms with Crippen molar-refractivity contribution >= 4 is 0 Å². The van der Waals surface area contributed by atoms with E-state index in [2.05, 4.69) is 18.2 Å². The average molecular weight is 1100 g/mol. The van der Waals surface area contributed by atoms with Crippen LogP contribution in [0.2, 0.25) is 0 Å². The first kappa shape index (κ1) is 37.3. The normalized spacial score (nSPS) is 14.9. The number of aromatic nitrogens is 3. The summed E-state index contributed by atoms with van der Waals surface area (Å²) in [5.41, 5.74) is 4.48. The van der Waals surface area contributed by atoms with E-state index in [1.807, 2.05) is 143 Å². The fourth-order valence-corrected chi connectivity index (χ4v) is 9.15. The summed E-state index contributed by atoms with van der Waals surface area (Å²) in [4.78, 5) is 14.3. The molecular weight excluding hydrogens is 1030 g/mol. The van der Waals surface area contributed by atoms with Crippen molar-refractivity contribution in [1.29, 1.82) is 0 Å². The summed E-state index contributed by atoms with van der Waals surface area (Å²) in [5, 5.41) is 0. The summed E-state index contributed by atoms with van der Waals surface area (Å²) in [5.74, 6) is 0. The minimum absolute atomic E-state index is 0. The van der Waals surface area contributed by atoms with Gasteiger partial charge in [-0.2, -0.15) is 0 Å². The summed E-state index contributed by atoms with van der Waals surface area (Å²) in [7, 11) is 0. The molecule has 0 spiro atoms. The van der Waals surface area contributed by atoms with Crippen LogP contribution in [0.3, 0.4) is 0 Å². The zero-order valence-electron chi connectivity index (χ0n) is 50.9. The number of pyridine rings is 3. The Hall–Kier alpha value is -6.58. The first-order chi connectivity index (χ1) is 38.1. The summed E-state index contributed by atoms with van der Waals surface area (Å²) < 4.78 is 106. The van der Waals surface area contributed by atoms with Crippen molar-refractivity contribution in [1.82, 2.24) is 15.0 Å². The molecule has 0 N–H and O–H groups in total. The predicted octanol–water partition coefficient (Wildman–Crippen LogP) is 16.3. The van der Waals surface area contributed by atoms with E-state index >= 15 is 0 Å². The van der Waals surface area contributed by atoms with Crippen LogP contribution in [0.1, 0.15) is 107 Å². The van der Waals surface area contributed by atoms with Gasteiger partial charge in [0.05, 0.1) is 0 Å². The van der Waals surface area contributed by atoms with Gasteiger partial charge < -0.3 is 15.0 Å². The van der Waals surface area contributed by atoms with E-state index in [0.717, 1.165) is 22.3 Å². The van der Waals surface area contributed by atoms with Crippen LogP contribution < -0.4 is 0 Å². The molecular formula is C66H62IrN3. The first-order valence-electron chi connectivity index (χ1n) is 29.3. The Morgan fingerprint density at radius 3 is 1.53 bits per heavy atom. The Morgan fingerprint density at radius 1 is 0.471 bits per heavy atom. The molecule has 9 aromatic rings. The van der Waals surface area contributed by atoms with Crippen molar-refractivity contribution in [2.45, 2.75) is 96.6 Å². The molecule has 3 nitrogen and oxygen atoms in total. The minimum Gasteiger partial charge on any atom is -0.304 e. The minimum atomic E-state index is -3.00. The molecule has 350 valence electrons. The summed E-state index contributed by atoms with van der Waals surface area (Å²) in [6.07, 6.45) is -4.85. The second kappa shape index (κ2) is 22.9. The Balaban J connectivity index is 0.00000860. The van der Waals surface area contributed by atoms with Crippen LogP contribution in [0.15, 0.2) is 188 Å². The zero-order chi connectivity index (χ0) is 57.3. The van der Waals surface area contributed by atoms with Crippen LogP contribution in [-0.2, 0) is 56.4 Å². The number of nitrogens with zero attached hydrogens (tertiary/aromatic N) is 3. The first-order valence-corrected chi connectivity index (χ1v) is 23.8. The number of hydrogen-bond acceptors (Lipinski definition) is 3. The van der Waals surface area contributed by atoms with Gasteiger partial charge in [0.1, 0.15) is 0 Å². The molecule has 6 aromatic carbocycles. The summed E-state index contributed by atoms with van der Waals surface area (Å²) in [6, 6.07) is 59.3. The van der Waals surface area contributed by atoms with Gasteiger partial charge in [-0.25, -0.2) is 0 Å². The van der Waals surface area contributed by atoms with Crippen molar-refractivity contribution in [3.8, 4) is 56.0 Å². The molecule has 0 aliphatic heterocycles. The van der Waals surface area contributed by atoms with Crippen LogP contribution in [-0.4, -0.2) is 15.0 Å². The van der Waals surface area contributed by atoms with Crippen LogP contribution in [0.25, 0.3) is 56.0 Å². The molecule has 0 aliphatic rings. The smallest absolute Gasteiger partial charge is 0.304 e. The van der Waals surface area contributed by atoms with E-state index in [9.17, 15) is 11.0 Å². The number of aryl methyl sites for hydroxylation is 3. The summed E-state index contributed by atoms with van der Waals surface area (Å²) in [6.45, 7) is 5.22. The van der Waals surface area contributed by atoms with Gasteiger partial charge in [0.25, 0.3) is 0 Å². The fraction of sp³-hybridized carbons (Fsp3) is 0.227. The SMILES string of the molecule is [2H]C([2H])([2H])c1c[c-]c(-c2cc(-c3cccc(-c4ccccc4)c3)c(C([2H])([2H])C([2H])([2H])c3cc(C([2H])([2H])C(CC)(CC)c4ccc(-c5[c-]cccc5)nc4)cc(C([2H])([2H])C(CC)(CC)c4ccc(-c5[c-]cccc5)nc4)c3)cn2)cc1.[Ir+3]. The number of benzene rings is 6. The second-order valence-corrected chi connectivity index (χ2v) is 17.3. The van der Waals surface area contributed by atoms with Crippen molar-refractivity contribution in [2.24, 2.45) is 0 Å². The zero-order valence-corrected chi connectivity index (χ0v) is 42.3. The van der Waals surface area contributed by atoms with Crippen LogP contribution >= 0.6 is 0 Å². The third-order valence-electron chi connectivity index (χ3n) is 13.3. The Kier molecular flexibility index (Phi) is 12.2. The van der Waals surface area contributed by atoms with Gasteiger partial charge in [-0.15, -0.1) is 107 Å². The van der Waals surface area contributed by atoms with E-state index in [-0.39, 0.29) is 73.6 Å². The van der Waals surface area contributed by atoms with Gasteiger partial charge in [0.2, 0.25) is 0 Å². The van der Waals surface area contributed by atoms with Crippen LogP contribution in [0.4, 0.5) is 0 Å². The van der Waals surface area contributed by atoms with Crippen molar-refractivity contribution in [2.75, 3.05) is 0 Å².